The van der Waals surface area contributed by atoms with Gasteiger partial charge in [-0.05, 0) is 6.92 Å². The van der Waals surface area contributed by atoms with E-state index in [-0.39, 0.29) is 17.7 Å². The van der Waals surface area contributed by atoms with Gasteiger partial charge < -0.3 is 19.7 Å². The van der Waals surface area contributed by atoms with E-state index in [2.05, 4.69) is 31.9 Å². The van der Waals surface area contributed by atoms with Gasteiger partial charge in [-0.2, -0.15) is 23.1 Å². The minimum Gasteiger partial charge on any atom is -0.447 e. The number of hydrogen-bond donors (Lipinski definition) is 1. The van der Waals surface area contributed by atoms with E-state index in [0.717, 1.165) is 4.57 Å². The van der Waals surface area contributed by atoms with Gasteiger partial charge in [-0.3, -0.25) is 13.9 Å². The largest absolute Gasteiger partial charge is 0.490 e. The Hall–Kier alpha value is -3.60. The van der Waals surface area contributed by atoms with Crippen molar-refractivity contribution < 1.29 is 32.2 Å². The monoisotopic (exact) mass is 456 g/mol. The molecule has 0 radical (unpaired) electrons. The fourth-order valence-corrected chi connectivity index (χ4v) is 2.97. The number of anilines is 1. The molecule has 3 rings (SSSR count). The second-order valence-corrected chi connectivity index (χ2v) is 6.64. The van der Waals surface area contributed by atoms with Crippen LogP contribution in [0.1, 0.15) is 6.92 Å². The molecule has 0 spiro atoms. The predicted molar refractivity (Wildman–Crippen MR) is 104 cm³/mol. The van der Waals surface area contributed by atoms with Crippen LogP contribution in [0.2, 0.25) is 0 Å². The third-order valence-corrected chi connectivity index (χ3v) is 4.50. The first kappa shape index (κ1) is 23.1. The van der Waals surface area contributed by atoms with Crippen LogP contribution >= 0.6 is 0 Å². The van der Waals surface area contributed by atoms with Crippen LogP contribution in [0.3, 0.4) is 0 Å². The first-order chi connectivity index (χ1) is 15.1. The molecule has 2 aromatic rings. The number of alkyl halides is 3. The lowest BCUT2D eigenvalue weighted by Crippen LogP contribution is -2.44. The van der Waals surface area contributed by atoms with Gasteiger partial charge in [0.25, 0.3) is 5.56 Å². The van der Waals surface area contributed by atoms with E-state index in [1.165, 1.54) is 7.05 Å². The van der Waals surface area contributed by atoms with Crippen molar-refractivity contribution in [3.8, 4) is 17.9 Å². The smallest absolute Gasteiger partial charge is 0.447 e. The Labute approximate surface area is 179 Å². The summed E-state index contributed by atoms with van der Waals surface area (Å²) in [6.07, 6.45) is -5.25. The maximum atomic E-state index is 13.0. The molecular weight excluding hydrogens is 437 g/mol. The van der Waals surface area contributed by atoms with Crippen molar-refractivity contribution >= 4 is 29.1 Å². The topological polar surface area (TPSA) is 121 Å². The number of halogens is 3. The van der Waals surface area contributed by atoms with E-state index >= 15 is 0 Å². The van der Waals surface area contributed by atoms with Gasteiger partial charge in [-0.15, -0.1) is 5.92 Å². The second-order valence-electron chi connectivity index (χ2n) is 6.64. The van der Waals surface area contributed by atoms with E-state index in [1.807, 2.05) is 4.90 Å². The highest BCUT2D eigenvalue weighted by Gasteiger charge is 2.41. The number of fused-ring (bicyclic) bond motifs is 1. The second kappa shape index (κ2) is 9.27. The van der Waals surface area contributed by atoms with Crippen LogP contribution < -0.4 is 20.5 Å². The Kier molecular flexibility index (Phi) is 6.68. The van der Waals surface area contributed by atoms with Crippen LogP contribution in [0.25, 0.3) is 11.2 Å². The van der Waals surface area contributed by atoms with Gasteiger partial charge in [-0.1, -0.05) is 5.92 Å². The van der Waals surface area contributed by atoms with Crippen molar-refractivity contribution in [3.05, 3.63) is 10.4 Å². The normalized spacial score (nSPS) is 14.1. The molecule has 1 fully saturated rings. The van der Waals surface area contributed by atoms with Gasteiger partial charge >= 0.3 is 24.1 Å². The van der Waals surface area contributed by atoms with Crippen molar-refractivity contribution in [2.24, 2.45) is 7.05 Å². The molecule has 0 atom stereocenters. The average Bonchev–Trinajstić information content (AvgIpc) is 3.12. The SMILES string of the molecule is CC#CCn1c(N2CCNCC2)nc2nc(OC(=O)COC(=O)C(F)(F)F)n(C)c(=O)c21. The summed E-state index contributed by atoms with van der Waals surface area (Å²) in [5.74, 6) is 2.23. The summed E-state index contributed by atoms with van der Waals surface area (Å²) in [6.45, 7) is 3.23. The highest BCUT2D eigenvalue weighted by molar-refractivity contribution is 5.81. The zero-order valence-corrected chi connectivity index (χ0v) is 17.2. The van der Waals surface area contributed by atoms with Crippen LogP contribution in [0, 0.1) is 11.8 Å². The highest BCUT2D eigenvalue weighted by atomic mass is 19.4. The highest BCUT2D eigenvalue weighted by Crippen LogP contribution is 2.21. The van der Waals surface area contributed by atoms with Gasteiger partial charge in [0, 0.05) is 33.2 Å². The number of aromatic nitrogens is 4. The van der Waals surface area contributed by atoms with Crippen LogP contribution in [0.4, 0.5) is 19.1 Å². The molecule has 32 heavy (non-hydrogen) atoms. The lowest BCUT2D eigenvalue weighted by molar-refractivity contribution is -0.201. The van der Waals surface area contributed by atoms with Crippen molar-refractivity contribution in [1.82, 2.24) is 24.4 Å². The van der Waals surface area contributed by atoms with Gasteiger partial charge in [0.2, 0.25) is 5.95 Å². The van der Waals surface area contributed by atoms with Crippen LogP contribution in [0.5, 0.6) is 6.01 Å². The number of carbonyl (C=O) groups excluding carboxylic acids is 2. The number of ether oxygens (including phenoxy) is 2. The summed E-state index contributed by atoms with van der Waals surface area (Å²) in [6, 6.07) is -0.506. The van der Waals surface area contributed by atoms with Crippen molar-refractivity contribution in [3.63, 3.8) is 0 Å². The fourth-order valence-electron chi connectivity index (χ4n) is 2.97. The molecule has 14 heteroatoms. The summed E-state index contributed by atoms with van der Waals surface area (Å²) in [7, 11) is 1.27. The Morgan fingerprint density at radius 3 is 2.53 bits per heavy atom. The zero-order chi connectivity index (χ0) is 23.5. The number of hydrogen-bond acceptors (Lipinski definition) is 9. The molecule has 1 aliphatic rings. The number of rotatable bonds is 5. The van der Waals surface area contributed by atoms with Gasteiger partial charge in [-0.25, -0.2) is 9.59 Å². The Morgan fingerprint density at radius 2 is 1.91 bits per heavy atom. The van der Waals surface area contributed by atoms with Crippen molar-refractivity contribution in [2.75, 3.05) is 37.7 Å². The molecule has 1 N–H and O–H groups in total. The lowest BCUT2D eigenvalue weighted by atomic mass is 10.4. The Morgan fingerprint density at radius 1 is 1.22 bits per heavy atom. The molecule has 2 aromatic heterocycles. The van der Waals surface area contributed by atoms with Crippen LogP contribution in [-0.4, -0.2) is 70.0 Å². The third-order valence-electron chi connectivity index (χ3n) is 4.50. The van der Waals surface area contributed by atoms with Gasteiger partial charge in [0.05, 0.1) is 6.54 Å². The molecule has 1 saturated heterocycles. The van der Waals surface area contributed by atoms with Gasteiger partial charge in [0.15, 0.2) is 17.8 Å². The number of esters is 2. The number of piperazine rings is 1. The first-order valence-corrected chi connectivity index (χ1v) is 9.40. The molecule has 0 aliphatic carbocycles. The molecule has 1 aliphatic heterocycles. The van der Waals surface area contributed by atoms with E-state index < -0.39 is 36.3 Å². The quantitative estimate of drug-likeness (QED) is 0.472. The number of nitrogens with one attached hydrogen (secondary N) is 1. The summed E-state index contributed by atoms with van der Waals surface area (Å²) in [4.78, 5) is 46.0. The first-order valence-electron chi connectivity index (χ1n) is 9.40. The minimum atomic E-state index is -5.25. The number of nitrogens with zero attached hydrogens (tertiary/aromatic N) is 5. The minimum absolute atomic E-state index is 0.0189. The lowest BCUT2D eigenvalue weighted by Gasteiger charge is -2.28. The molecular formula is C18H19F3N6O5. The molecule has 11 nitrogen and oxygen atoms in total. The maximum Gasteiger partial charge on any atom is 0.490 e. The fraction of sp³-hybridized carbons (Fsp3) is 0.500. The molecule has 0 bridgehead atoms. The molecule has 0 saturated carbocycles. The molecule has 0 aromatic carbocycles. The summed E-state index contributed by atoms with van der Waals surface area (Å²) in [5, 5.41) is 3.21. The maximum absolute atomic E-state index is 13.0. The predicted octanol–water partition coefficient (Wildman–Crippen LogP) is -0.426. The van der Waals surface area contributed by atoms with E-state index in [0.29, 0.717) is 32.1 Å². The molecule has 0 unspecified atom stereocenters. The standard InChI is InChI=1S/C18H19F3N6O5/c1-3-4-7-27-12-13(23-16(27)26-8-5-22-6-9-26)24-17(25(2)14(12)29)32-11(28)10-31-15(30)18(19,20)21/h22H,5-10H2,1-2H3. The Balaban J connectivity index is 1.93. The number of imidazole rings is 1. The Bertz CT molecular complexity index is 1150. The van der Waals surface area contributed by atoms with Crippen molar-refractivity contribution in [2.45, 2.75) is 19.6 Å². The van der Waals surface area contributed by atoms with Crippen LogP contribution in [0.15, 0.2) is 4.79 Å². The summed E-state index contributed by atoms with van der Waals surface area (Å²) < 4.78 is 47.8. The zero-order valence-electron chi connectivity index (χ0n) is 17.2. The summed E-state index contributed by atoms with van der Waals surface area (Å²) >= 11 is 0. The van der Waals surface area contributed by atoms with Crippen LogP contribution in [-0.2, 0) is 27.9 Å². The molecule has 172 valence electrons. The van der Waals surface area contributed by atoms with E-state index in [4.69, 9.17) is 4.74 Å². The van der Waals surface area contributed by atoms with Crippen molar-refractivity contribution in [1.29, 1.82) is 0 Å². The van der Waals surface area contributed by atoms with Gasteiger partial charge in [0.1, 0.15) is 0 Å². The average molecular weight is 456 g/mol. The molecule has 0 amide bonds. The molecule has 3 heterocycles. The number of carbonyl (C=O) groups is 2. The van der Waals surface area contributed by atoms with E-state index in [9.17, 15) is 27.6 Å². The third kappa shape index (κ3) is 4.83. The summed E-state index contributed by atoms with van der Waals surface area (Å²) in [5.41, 5.74) is -0.487. The van der Waals surface area contributed by atoms with E-state index in [1.54, 1.807) is 11.5 Å².